The fraction of sp³-hybridized carbons (Fsp3) is 0.417. The maximum atomic E-state index is 12.3. The lowest BCUT2D eigenvalue weighted by atomic mass is 10.3. The summed E-state index contributed by atoms with van der Waals surface area (Å²) in [4.78, 5) is 11.5. The van der Waals surface area contributed by atoms with Crippen LogP contribution in [0, 0.1) is 0 Å². The molecular weight excluding hydrogens is 268 g/mol. The van der Waals surface area contributed by atoms with Gasteiger partial charge < -0.3 is 10.5 Å². The maximum Gasteiger partial charge on any atom is 0.321 e. The van der Waals surface area contributed by atoms with Crippen LogP contribution in [-0.4, -0.2) is 38.4 Å². The second-order valence-electron chi connectivity index (χ2n) is 3.81. The molecule has 0 amide bonds. The van der Waals surface area contributed by atoms with Crippen LogP contribution in [-0.2, 0) is 19.6 Å². The first kappa shape index (κ1) is 15.5. The molecule has 6 nitrogen and oxygen atoms in total. The lowest BCUT2D eigenvalue weighted by molar-refractivity contribution is -0.143. The number of likely N-dealkylation sites (N-methyl/N-ethyl adjacent to an activating group) is 1. The van der Waals surface area contributed by atoms with E-state index in [1.807, 2.05) is 0 Å². The zero-order valence-corrected chi connectivity index (χ0v) is 11.8. The predicted octanol–water partition coefficient (Wildman–Crippen LogP) is 0.842. The summed E-state index contributed by atoms with van der Waals surface area (Å²) >= 11 is 0. The molecule has 7 heteroatoms. The molecule has 1 aromatic rings. The molecule has 1 aromatic carbocycles. The molecule has 19 heavy (non-hydrogen) atoms. The summed E-state index contributed by atoms with van der Waals surface area (Å²) in [6.07, 6.45) is 0. The summed E-state index contributed by atoms with van der Waals surface area (Å²) in [5.74, 6) is -0.566. The van der Waals surface area contributed by atoms with Gasteiger partial charge in [0, 0.05) is 12.2 Å². The number of nitrogens with two attached hydrogens (primary N) is 1. The first-order chi connectivity index (χ1) is 8.91. The summed E-state index contributed by atoms with van der Waals surface area (Å²) in [5.41, 5.74) is 6.00. The Labute approximate surface area is 113 Å². The molecule has 0 saturated heterocycles. The number of nitrogens with zero attached hydrogens (tertiary/aromatic N) is 1. The minimum absolute atomic E-state index is 0.104. The van der Waals surface area contributed by atoms with Crippen molar-refractivity contribution < 1.29 is 17.9 Å². The predicted molar refractivity (Wildman–Crippen MR) is 71.9 cm³/mol. The highest BCUT2D eigenvalue weighted by Gasteiger charge is 2.25. The molecule has 0 aliphatic heterocycles. The Morgan fingerprint density at radius 3 is 2.32 bits per heavy atom. The van der Waals surface area contributed by atoms with E-state index in [2.05, 4.69) is 0 Å². The minimum atomic E-state index is -3.70. The van der Waals surface area contributed by atoms with Crippen molar-refractivity contribution in [1.82, 2.24) is 4.31 Å². The van der Waals surface area contributed by atoms with Gasteiger partial charge in [-0.2, -0.15) is 4.31 Å². The number of esters is 1. The van der Waals surface area contributed by atoms with Crippen LogP contribution in [0.4, 0.5) is 5.69 Å². The fourth-order valence-corrected chi connectivity index (χ4v) is 2.90. The monoisotopic (exact) mass is 286 g/mol. The Balaban J connectivity index is 2.95. The van der Waals surface area contributed by atoms with E-state index in [9.17, 15) is 13.2 Å². The average Bonchev–Trinajstić information content (AvgIpc) is 2.36. The smallest absolute Gasteiger partial charge is 0.321 e. The SMILES string of the molecule is CCOC(=O)CN(CC)S(=O)(=O)c1ccc(N)cc1. The molecule has 0 radical (unpaired) electrons. The quantitative estimate of drug-likeness (QED) is 0.618. The topological polar surface area (TPSA) is 89.7 Å². The number of nitrogen functional groups attached to an aromatic ring is 1. The van der Waals surface area contributed by atoms with Crippen molar-refractivity contribution in [3.63, 3.8) is 0 Å². The highest BCUT2D eigenvalue weighted by molar-refractivity contribution is 7.89. The number of anilines is 1. The van der Waals surface area contributed by atoms with Crippen LogP contribution >= 0.6 is 0 Å². The van der Waals surface area contributed by atoms with Crippen molar-refractivity contribution in [2.75, 3.05) is 25.4 Å². The zero-order chi connectivity index (χ0) is 14.5. The Hall–Kier alpha value is -1.60. The van der Waals surface area contributed by atoms with Crippen LogP contribution in [0.25, 0.3) is 0 Å². The van der Waals surface area contributed by atoms with Crippen LogP contribution in [0.2, 0.25) is 0 Å². The van der Waals surface area contributed by atoms with E-state index < -0.39 is 16.0 Å². The van der Waals surface area contributed by atoms with E-state index in [0.717, 1.165) is 4.31 Å². The number of benzene rings is 1. The number of carbonyl (C=O) groups is 1. The number of hydrogen-bond acceptors (Lipinski definition) is 5. The van der Waals surface area contributed by atoms with E-state index in [1.165, 1.54) is 24.3 Å². The summed E-state index contributed by atoms with van der Waals surface area (Å²) in [5, 5.41) is 0. The van der Waals surface area contributed by atoms with Crippen molar-refractivity contribution in [3.05, 3.63) is 24.3 Å². The molecule has 106 valence electrons. The first-order valence-electron chi connectivity index (χ1n) is 5.93. The van der Waals surface area contributed by atoms with Gasteiger partial charge in [0.05, 0.1) is 11.5 Å². The summed E-state index contributed by atoms with van der Waals surface area (Å²) < 4.78 is 30.4. The lowest BCUT2D eigenvalue weighted by Crippen LogP contribution is -2.36. The summed E-state index contributed by atoms with van der Waals surface area (Å²) in [7, 11) is -3.70. The molecule has 0 aliphatic carbocycles. The van der Waals surface area contributed by atoms with E-state index in [4.69, 9.17) is 10.5 Å². The Kier molecular flexibility index (Phi) is 5.31. The largest absolute Gasteiger partial charge is 0.465 e. The van der Waals surface area contributed by atoms with Gasteiger partial charge in [0.15, 0.2) is 0 Å². The van der Waals surface area contributed by atoms with Gasteiger partial charge in [-0.15, -0.1) is 0 Å². The molecule has 0 atom stereocenters. The van der Waals surface area contributed by atoms with Crippen molar-refractivity contribution in [1.29, 1.82) is 0 Å². The number of carbonyl (C=O) groups excluding carboxylic acids is 1. The van der Waals surface area contributed by atoms with Gasteiger partial charge in [-0.3, -0.25) is 4.79 Å². The molecule has 0 aliphatic rings. The molecule has 0 unspecified atom stereocenters. The Morgan fingerprint density at radius 2 is 1.84 bits per heavy atom. The molecule has 1 rings (SSSR count). The highest BCUT2D eigenvalue weighted by atomic mass is 32.2. The van der Waals surface area contributed by atoms with Gasteiger partial charge in [-0.25, -0.2) is 8.42 Å². The van der Waals surface area contributed by atoms with Crippen LogP contribution in [0.5, 0.6) is 0 Å². The summed E-state index contributed by atoms with van der Waals surface area (Å²) in [6.45, 7) is 3.44. The lowest BCUT2D eigenvalue weighted by Gasteiger charge is -2.19. The summed E-state index contributed by atoms with van der Waals surface area (Å²) in [6, 6.07) is 5.84. The van der Waals surface area contributed by atoms with Crippen molar-refractivity contribution >= 4 is 21.7 Å². The molecular formula is C12H18N2O4S. The average molecular weight is 286 g/mol. The van der Waals surface area contributed by atoms with Gasteiger partial charge in [0.25, 0.3) is 0 Å². The molecule has 0 aromatic heterocycles. The van der Waals surface area contributed by atoms with Crippen LogP contribution in [0.3, 0.4) is 0 Å². The number of rotatable bonds is 6. The highest BCUT2D eigenvalue weighted by Crippen LogP contribution is 2.16. The second kappa shape index (κ2) is 6.53. The third kappa shape index (κ3) is 3.93. The zero-order valence-electron chi connectivity index (χ0n) is 11.0. The number of sulfonamides is 1. The molecule has 0 spiro atoms. The maximum absolute atomic E-state index is 12.3. The Morgan fingerprint density at radius 1 is 1.26 bits per heavy atom. The normalized spacial score (nSPS) is 11.5. The molecule has 0 fully saturated rings. The van der Waals surface area contributed by atoms with Gasteiger partial charge in [-0.1, -0.05) is 6.92 Å². The van der Waals surface area contributed by atoms with Crippen molar-refractivity contribution in [2.24, 2.45) is 0 Å². The van der Waals surface area contributed by atoms with E-state index in [1.54, 1.807) is 13.8 Å². The Bertz CT molecular complexity index is 525. The van der Waals surface area contributed by atoms with E-state index >= 15 is 0 Å². The second-order valence-corrected chi connectivity index (χ2v) is 5.74. The standard InChI is InChI=1S/C12H18N2O4S/c1-3-14(9-12(15)18-4-2)19(16,17)11-7-5-10(13)6-8-11/h5-8H,3-4,9,13H2,1-2H3. The van der Waals surface area contributed by atoms with Gasteiger partial charge >= 0.3 is 5.97 Å². The van der Waals surface area contributed by atoms with Gasteiger partial charge in [0.2, 0.25) is 10.0 Å². The third-order valence-corrected chi connectivity index (χ3v) is 4.42. The molecule has 0 saturated carbocycles. The van der Waals surface area contributed by atoms with Gasteiger partial charge in [0.1, 0.15) is 6.54 Å². The fourth-order valence-electron chi connectivity index (χ4n) is 1.51. The third-order valence-electron chi connectivity index (χ3n) is 2.48. The molecule has 0 heterocycles. The first-order valence-corrected chi connectivity index (χ1v) is 7.37. The van der Waals surface area contributed by atoms with Crippen molar-refractivity contribution in [3.8, 4) is 0 Å². The van der Waals surface area contributed by atoms with Crippen LogP contribution in [0.1, 0.15) is 13.8 Å². The van der Waals surface area contributed by atoms with E-state index in [-0.39, 0.29) is 24.6 Å². The van der Waals surface area contributed by atoms with Crippen LogP contribution < -0.4 is 5.73 Å². The molecule has 0 bridgehead atoms. The number of ether oxygens (including phenoxy) is 1. The van der Waals surface area contributed by atoms with Crippen LogP contribution in [0.15, 0.2) is 29.2 Å². The number of hydrogen-bond donors (Lipinski definition) is 1. The van der Waals surface area contributed by atoms with E-state index in [0.29, 0.717) is 5.69 Å². The minimum Gasteiger partial charge on any atom is -0.465 e. The molecule has 2 N–H and O–H groups in total. The van der Waals surface area contributed by atoms with Crippen molar-refractivity contribution in [2.45, 2.75) is 18.7 Å². The van der Waals surface area contributed by atoms with Gasteiger partial charge in [-0.05, 0) is 31.2 Å².